The molecule has 2 bridgehead atoms. The number of amides is 1. The highest BCUT2D eigenvalue weighted by Crippen LogP contribution is 2.44. The Kier molecular flexibility index (Phi) is 3.28. The molecule has 0 saturated carbocycles. The number of nitrogens with zero attached hydrogens (tertiary/aromatic N) is 2. The van der Waals surface area contributed by atoms with Crippen molar-refractivity contribution in [3.05, 3.63) is 27.5 Å². The molecule has 0 aliphatic carbocycles. The number of thiophene rings is 1. The molecule has 5 heterocycles. The zero-order valence-electron chi connectivity index (χ0n) is 13.5. The molecule has 1 atom stereocenters. The molecule has 4 aliphatic heterocycles. The molecule has 24 heavy (non-hydrogen) atoms. The van der Waals surface area contributed by atoms with Crippen LogP contribution in [0.15, 0.2) is 22.7 Å². The van der Waals surface area contributed by atoms with Gasteiger partial charge in [0.15, 0.2) is 0 Å². The lowest BCUT2D eigenvalue weighted by Gasteiger charge is -2.49. The van der Waals surface area contributed by atoms with Gasteiger partial charge in [-0.25, -0.2) is 4.79 Å². The average Bonchev–Trinajstić information content (AvgIpc) is 3.05. The van der Waals surface area contributed by atoms with Gasteiger partial charge in [-0.15, -0.1) is 11.3 Å². The number of carbonyl (C=O) groups is 1. The van der Waals surface area contributed by atoms with Crippen molar-refractivity contribution in [1.82, 2.24) is 4.90 Å². The van der Waals surface area contributed by atoms with Crippen molar-refractivity contribution in [2.45, 2.75) is 25.4 Å². The molecule has 4 saturated heterocycles. The van der Waals surface area contributed by atoms with Crippen LogP contribution >= 0.6 is 27.3 Å². The smallest absolute Gasteiger partial charge is 0.415 e. The summed E-state index contributed by atoms with van der Waals surface area (Å²) in [6.07, 6.45) is 2.11. The molecule has 126 valence electrons. The molecule has 4 nitrogen and oxygen atoms in total. The Morgan fingerprint density at radius 2 is 2.08 bits per heavy atom. The number of piperidine rings is 3. The van der Waals surface area contributed by atoms with E-state index in [2.05, 4.69) is 39.9 Å². The van der Waals surface area contributed by atoms with Crippen molar-refractivity contribution >= 4 is 49.1 Å². The predicted molar refractivity (Wildman–Crippen MR) is 100.0 cm³/mol. The number of hydrogen-bond donors (Lipinski definition) is 0. The first-order valence-corrected chi connectivity index (χ1v) is 10.1. The van der Waals surface area contributed by atoms with Gasteiger partial charge in [0.2, 0.25) is 0 Å². The van der Waals surface area contributed by atoms with Gasteiger partial charge in [-0.05, 0) is 67.0 Å². The summed E-state index contributed by atoms with van der Waals surface area (Å²) in [5.74, 6) is 0.510. The van der Waals surface area contributed by atoms with Crippen molar-refractivity contribution < 1.29 is 9.53 Å². The first kappa shape index (κ1) is 15.2. The Morgan fingerprint density at radius 3 is 2.79 bits per heavy atom. The largest absolute Gasteiger partial charge is 0.439 e. The summed E-state index contributed by atoms with van der Waals surface area (Å²) < 4.78 is 8.35. The van der Waals surface area contributed by atoms with E-state index in [4.69, 9.17) is 4.74 Å². The summed E-state index contributed by atoms with van der Waals surface area (Å²) in [6, 6.07) is 6.28. The quantitative estimate of drug-likeness (QED) is 0.703. The van der Waals surface area contributed by atoms with E-state index in [0.29, 0.717) is 12.5 Å². The van der Waals surface area contributed by atoms with E-state index in [9.17, 15) is 4.79 Å². The van der Waals surface area contributed by atoms with Gasteiger partial charge in [0.1, 0.15) is 5.60 Å². The van der Waals surface area contributed by atoms with Crippen LogP contribution in [0.1, 0.15) is 17.7 Å². The number of ether oxygens (including phenoxy) is 1. The van der Waals surface area contributed by atoms with E-state index in [1.165, 1.54) is 15.0 Å². The molecule has 1 aromatic heterocycles. The maximum absolute atomic E-state index is 12.6. The van der Waals surface area contributed by atoms with Crippen LogP contribution in [-0.4, -0.2) is 42.8 Å². The number of hydrogen-bond acceptors (Lipinski definition) is 4. The molecule has 0 N–H and O–H groups in total. The van der Waals surface area contributed by atoms with Crippen LogP contribution in [0.5, 0.6) is 0 Å². The van der Waals surface area contributed by atoms with Crippen LogP contribution in [0.4, 0.5) is 10.5 Å². The van der Waals surface area contributed by atoms with Gasteiger partial charge in [0.05, 0.1) is 6.54 Å². The standard InChI is InChI=1S/C18H19BrN2O2S/c1-11-16(19)14-8-13(2-3-15(14)24-11)21-10-18(23-17(21)22)9-20-6-4-12(18)5-7-20/h2-3,8,12H,4-7,9-10H2,1H3/t18-/m1/s1. The molecular weight excluding hydrogens is 388 g/mol. The lowest BCUT2D eigenvalue weighted by Crippen LogP contribution is -2.61. The first-order chi connectivity index (χ1) is 11.6. The Bertz CT molecular complexity index is 843. The fourth-order valence-electron chi connectivity index (χ4n) is 4.56. The molecule has 6 heteroatoms. The highest BCUT2D eigenvalue weighted by molar-refractivity contribution is 9.10. The minimum atomic E-state index is -0.301. The molecule has 0 unspecified atom stereocenters. The predicted octanol–water partition coefficient (Wildman–Crippen LogP) is 4.39. The second-order valence-electron chi connectivity index (χ2n) is 7.22. The molecule has 2 aromatic rings. The molecular formula is C18H19BrN2O2S. The maximum Gasteiger partial charge on any atom is 0.415 e. The third-order valence-electron chi connectivity index (χ3n) is 5.84. The van der Waals surface area contributed by atoms with Crippen molar-refractivity contribution in [2.24, 2.45) is 5.92 Å². The zero-order chi connectivity index (χ0) is 16.5. The molecule has 6 rings (SSSR count). The number of halogens is 1. The second kappa shape index (κ2) is 5.19. The van der Waals surface area contributed by atoms with Crippen LogP contribution in [-0.2, 0) is 4.74 Å². The van der Waals surface area contributed by atoms with Crippen molar-refractivity contribution in [3.63, 3.8) is 0 Å². The van der Waals surface area contributed by atoms with E-state index < -0.39 is 0 Å². The lowest BCUT2D eigenvalue weighted by atomic mass is 9.75. The minimum Gasteiger partial charge on any atom is -0.439 e. The van der Waals surface area contributed by atoms with Crippen molar-refractivity contribution in [2.75, 3.05) is 31.1 Å². The number of fused-ring (bicyclic) bond motifs is 3. The number of benzene rings is 1. The summed E-state index contributed by atoms with van der Waals surface area (Å²) in [6.45, 7) is 5.98. The molecule has 1 aromatic carbocycles. The van der Waals surface area contributed by atoms with Gasteiger partial charge >= 0.3 is 6.09 Å². The van der Waals surface area contributed by atoms with E-state index in [0.717, 1.165) is 42.6 Å². The van der Waals surface area contributed by atoms with Crippen molar-refractivity contribution in [1.29, 1.82) is 0 Å². The van der Waals surface area contributed by atoms with Crippen LogP contribution in [0.25, 0.3) is 10.1 Å². The monoisotopic (exact) mass is 406 g/mol. The van der Waals surface area contributed by atoms with Crippen molar-refractivity contribution in [3.8, 4) is 0 Å². The fourth-order valence-corrected chi connectivity index (χ4v) is 6.19. The molecule has 1 amide bonds. The van der Waals surface area contributed by atoms with Gasteiger partial charge in [0, 0.05) is 37.6 Å². The molecule has 4 fully saturated rings. The SMILES string of the molecule is Cc1sc2ccc(N3C[C@@]4(CN5CCC4CC5)OC3=O)cc2c1Br. The summed E-state index contributed by atoms with van der Waals surface area (Å²) in [7, 11) is 0. The van der Waals surface area contributed by atoms with Crippen LogP contribution < -0.4 is 4.90 Å². The highest BCUT2D eigenvalue weighted by Gasteiger charge is 2.55. The first-order valence-electron chi connectivity index (χ1n) is 8.47. The maximum atomic E-state index is 12.6. The van der Waals surface area contributed by atoms with E-state index in [1.807, 2.05) is 11.0 Å². The number of anilines is 1. The number of rotatable bonds is 1. The van der Waals surface area contributed by atoms with Gasteiger partial charge in [-0.3, -0.25) is 9.80 Å². The van der Waals surface area contributed by atoms with Gasteiger partial charge < -0.3 is 4.74 Å². The number of carbonyl (C=O) groups excluding carboxylic acids is 1. The second-order valence-corrected chi connectivity index (χ2v) is 9.27. The van der Waals surface area contributed by atoms with Crippen LogP contribution in [0.2, 0.25) is 0 Å². The Hall–Kier alpha value is -1.11. The zero-order valence-corrected chi connectivity index (χ0v) is 16.0. The Labute approximate surface area is 153 Å². The lowest BCUT2D eigenvalue weighted by molar-refractivity contribution is -0.0881. The molecule has 1 spiro atoms. The normalized spacial score (nSPS) is 32.1. The fraction of sp³-hybridized carbons (Fsp3) is 0.500. The summed E-state index contributed by atoms with van der Waals surface area (Å²) in [5, 5.41) is 1.18. The molecule has 0 radical (unpaired) electrons. The van der Waals surface area contributed by atoms with E-state index in [-0.39, 0.29) is 11.7 Å². The number of aryl methyl sites for hydroxylation is 1. The average molecular weight is 407 g/mol. The van der Waals surface area contributed by atoms with Crippen LogP contribution in [0, 0.1) is 12.8 Å². The van der Waals surface area contributed by atoms with E-state index in [1.54, 1.807) is 11.3 Å². The van der Waals surface area contributed by atoms with Gasteiger partial charge in [-0.1, -0.05) is 0 Å². The van der Waals surface area contributed by atoms with E-state index >= 15 is 0 Å². The summed E-state index contributed by atoms with van der Waals surface area (Å²) >= 11 is 5.45. The topological polar surface area (TPSA) is 32.8 Å². The summed E-state index contributed by atoms with van der Waals surface area (Å²) in [5.41, 5.74) is 0.643. The van der Waals surface area contributed by atoms with Crippen LogP contribution in [0.3, 0.4) is 0 Å². The third-order valence-corrected chi connectivity index (χ3v) is 8.21. The third kappa shape index (κ3) is 2.09. The van der Waals surface area contributed by atoms with Gasteiger partial charge in [0.25, 0.3) is 0 Å². The van der Waals surface area contributed by atoms with Gasteiger partial charge in [-0.2, -0.15) is 0 Å². The Morgan fingerprint density at radius 1 is 1.29 bits per heavy atom. The molecule has 4 aliphatic rings. The minimum absolute atomic E-state index is 0.189. The highest BCUT2D eigenvalue weighted by atomic mass is 79.9. The Balaban J connectivity index is 1.51. The summed E-state index contributed by atoms with van der Waals surface area (Å²) in [4.78, 5) is 18.2.